The number of aliphatic hydroxyl groups excluding tert-OH is 2. The first-order chi connectivity index (χ1) is 7.79. The molecule has 16 heavy (non-hydrogen) atoms. The number of hydrogen-bond acceptors (Lipinski definition) is 5. The van der Waals surface area contributed by atoms with E-state index in [1.165, 1.54) is 0 Å². The van der Waals surface area contributed by atoms with Gasteiger partial charge >= 0.3 is 0 Å². The maximum Gasteiger partial charge on any atom is 0.231 e. The molecule has 1 aromatic carbocycles. The Labute approximate surface area is 93.6 Å². The van der Waals surface area contributed by atoms with E-state index in [2.05, 4.69) is 5.32 Å². The average molecular weight is 225 g/mol. The topological polar surface area (TPSA) is 71.0 Å². The van der Waals surface area contributed by atoms with Crippen molar-refractivity contribution >= 4 is 0 Å². The monoisotopic (exact) mass is 225 g/mol. The highest BCUT2D eigenvalue weighted by Crippen LogP contribution is 2.32. The van der Waals surface area contributed by atoms with Gasteiger partial charge in [0.25, 0.3) is 0 Å². The summed E-state index contributed by atoms with van der Waals surface area (Å²) in [6.45, 7) is 1.03. The minimum Gasteiger partial charge on any atom is -0.454 e. The summed E-state index contributed by atoms with van der Waals surface area (Å²) in [5, 5.41) is 20.8. The third kappa shape index (κ3) is 2.63. The molecule has 88 valence electrons. The summed E-state index contributed by atoms with van der Waals surface area (Å²) in [5.41, 5.74) is 1.05. The predicted molar refractivity (Wildman–Crippen MR) is 57.4 cm³/mol. The van der Waals surface area contributed by atoms with E-state index in [0.717, 1.165) is 17.1 Å². The molecule has 0 saturated carbocycles. The van der Waals surface area contributed by atoms with Crippen LogP contribution in [0.3, 0.4) is 0 Å². The van der Waals surface area contributed by atoms with Gasteiger partial charge in [0.05, 0.1) is 12.7 Å². The Morgan fingerprint density at radius 1 is 1.31 bits per heavy atom. The van der Waals surface area contributed by atoms with Crippen molar-refractivity contribution < 1.29 is 19.7 Å². The Balaban J connectivity index is 1.86. The molecule has 5 heteroatoms. The van der Waals surface area contributed by atoms with Crippen molar-refractivity contribution in [3.8, 4) is 11.5 Å². The van der Waals surface area contributed by atoms with Gasteiger partial charge in [-0.3, -0.25) is 0 Å². The Morgan fingerprint density at radius 2 is 2.12 bits per heavy atom. The lowest BCUT2D eigenvalue weighted by atomic mass is 10.2. The molecule has 1 atom stereocenters. The van der Waals surface area contributed by atoms with Crippen LogP contribution in [0.25, 0.3) is 0 Å². The first-order valence-electron chi connectivity index (χ1n) is 5.18. The van der Waals surface area contributed by atoms with E-state index in [1.54, 1.807) is 0 Å². The molecule has 0 unspecified atom stereocenters. The highest BCUT2D eigenvalue weighted by Gasteiger charge is 2.12. The second-order valence-corrected chi connectivity index (χ2v) is 3.65. The molecule has 0 bridgehead atoms. The van der Waals surface area contributed by atoms with Crippen molar-refractivity contribution in [3.63, 3.8) is 0 Å². The highest BCUT2D eigenvalue weighted by atomic mass is 16.7. The second-order valence-electron chi connectivity index (χ2n) is 3.65. The number of aliphatic hydroxyl groups is 2. The van der Waals surface area contributed by atoms with Crippen LogP contribution < -0.4 is 14.8 Å². The minimum atomic E-state index is -0.714. The van der Waals surface area contributed by atoms with Crippen LogP contribution in [-0.4, -0.2) is 36.3 Å². The van der Waals surface area contributed by atoms with Gasteiger partial charge in [-0.2, -0.15) is 0 Å². The van der Waals surface area contributed by atoms with E-state index in [9.17, 15) is 0 Å². The Bertz CT molecular complexity index is 356. The van der Waals surface area contributed by atoms with Crippen LogP contribution in [0, 0.1) is 0 Å². The smallest absolute Gasteiger partial charge is 0.231 e. The first kappa shape index (κ1) is 11.2. The van der Waals surface area contributed by atoms with Gasteiger partial charge in [0.15, 0.2) is 11.5 Å². The van der Waals surface area contributed by atoms with Gasteiger partial charge in [-0.15, -0.1) is 0 Å². The molecule has 1 aromatic rings. The quantitative estimate of drug-likeness (QED) is 0.650. The molecule has 2 rings (SSSR count). The number of benzene rings is 1. The number of hydrogen-bond donors (Lipinski definition) is 3. The Morgan fingerprint density at radius 3 is 2.94 bits per heavy atom. The van der Waals surface area contributed by atoms with Crippen molar-refractivity contribution in [2.24, 2.45) is 0 Å². The van der Waals surface area contributed by atoms with Gasteiger partial charge < -0.3 is 25.0 Å². The lowest BCUT2D eigenvalue weighted by molar-refractivity contribution is 0.0942. The predicted octanol–water partition coefficient (Wildman–Crippen LogP) is -0.142. The van der Waals surface area contributed by atoms with Crippen LogP contribution in [0.4, 0.5) is 0 Å². The zero-order valence-electron chi connectivity index (χ0n) is 8.85. The number of ether oxygens (including phenoxy) is 2. The third-order valence-corrected chi connectivity index (χ3v) is 2.36. The summed E-state index contributed by atoms with van der Waals surface area (Å²) in [7, 11) is 0. The summed E-state index contributed by atoms with van der Waals surface area (Å²) >= 11 is 0. The van der Waals surface area contributed by atoms with Crippen LogP contribution in [0.15, 0.2) is 18.2 Å². The normalized spacial score (nSPS) is 15.1. The molecule has 0 spiro atoms. The van der Waals surface area contributed by atoms with Crippen molar-refractivity contribution in [2.45, 2.75) is 12.6 Å². The molecule has 1 aliphatic heterocycles. The number of fused-ring (bicyclic) bond motifs is 1. The molecule has 1 heterocycles. The second kappa shape index (κ2) is 5.16. The number of nitrogens with one attached hydrogen (secondary N) is 1. The fourth-order valence-corrected chi connectivity index (χ4v) is 1.50. The largest absolute Gasteiger partial charge is 0.454 e. The molecule has 0 amide bonds. The van der Waals surface area contributed by atoms with Crippen LogP contribution in [0.2, 0.25) is 0 Å². The van der Waals surface area contributed by atoms with Crippen LogP contribution in [0.1, 0.15) is 5.56 Å². The van der Waals surface area contributed by atoms with E-state index >= 15 is 0 Å². The van der Waals surface area contributed by atoms with E-state index in [0.29, 0.717) is 13.1 Å². The van der Waals surface area contributed by atoms with Gasteiger partial charge in [-0.05, 0) is 17.7 Å². The van der Waals surface area contributed by atoms with Gasteiger partial charge in [-0.25, -0.2) is 0 Å². The van der Waals surface area contributed by atoms with Gasteiger partial charge in [-0.1, -0.05) is 6.07 Å². The van der Waals surface area contributed by atoms with Crippen molar-refractivity contribution in [1.29, 1.82) is 0 Å². The Kier molecular flexibility index (Phi) is 3.61. The zero-order valence-corrected chi connectivity index (χ0v) is 8.85. The highest BCUT2D eigenvalue weighted by molar-refractivity contribution is 5.44. The van der Waals surface area contributed by atoms with Crippen LogP contribution in [-0.2, 0) is 6.54 Å². The lowest BCUT2D eigenvalue weighted by Crippen LogP contribution is -2.28. The summed E-state index contributed by atoms with van der Waals surface area (Å²) in [5.74, 6) is 1.51. The molecule has 1 aliphatic rings. The maximum atomic E-state index is 9.13. The molecular formula is C11H15NO4. The zero-order chi connectivity index (χ0) is 11.4. The van der Waals surface area contributed by atoms with Gasteiger partial charge in [0.2, 0.25) is 6.79 Å². The van der Waals surface area contributed by atoms with E-state index in [4.69, 9.17) is 19.7 Å². The molecule has 3 N–H and O–H groups in total. The summed E-state index contributed by atoms with van der Waals surface area (Å²) < 4.78 is 10.4. The van der Waals surface area contributed by atoms with Crippen molar-refractivity contribution in [2.75, 3.05) is 19.9 Å². The molecular weight excluding hydrogens is 210 g/mol. The SMILES string of the molecule is OC[C@@H](O)CNCc1ccc2c(c1)OCO2. The number of rotatable bonds is 5. The van der Waals surface area contributed by atoms with Crippen LogP contribution >= 0.6 is 0 Å². The molecule has 0 fully saturated rings. The fraction of sp³-hybridized carbons (Fsp3) is 0.455. The minimum absolute atomic E-state index is 0.228. The standard InChI is InChI=1S/C11H15NO4/c13-6-9(14)5-12-4-8-1-2-10-11(3-8)16-7-15-10/h1-3,9,12-14H,4-7H2/t9-/m0/s1. The first-order valence-corrected chi connectivity index (χ1v) is 5.18. The average Bonchev–Trinajstić information content (AvgIpc) is 2.76. The summed E-state index contributed by atoms with van der Waals surface area (Å²) in [4.78, 5) is 0. The van der Waals surface area contributed by atoms with Crippen molar-refractivity contribution in [3.05, 3.63) is 23.8 Å². The van der Waals surface area contributed by atoms with E-state index < -0.39 is 6.10 Å². The molecule has 0 radical (unpaired) electrons. The van der Waals surface area contributed by atoms with Gasteiger partial charge in [0.1, 0.15) is 0 Å². The van der Waals surface area contributed by atoms with E-state index in [1.807, 2.05) is 18.2 Å². The molecule has 0 aromatic heterocycles. The molecule has 5 nitrogen and oxygen atoms in total. The van der Waals surface area contributed by atoms with Crippen molar-refractivity contribution in [1.82, 2.24) is 5.32 Å². The third-order valence-electron chi connectivity index (χ3n) is 2.36. The summed E-state index contributed by atoms with van der Waals surface area (Å²) in [6, 6.07) is 5.70. The van der Waals surface area contributed by atoms with Gasteiger partial charge in [0, 0.05) is 13.1 Å². The fourth-order valence-electron chi connectivity index (χ4n) is 1.50. The Hall–Kier alpha value is -1.30. The maximum absolute atomic E-state index is 9.13. The lowest BCUT2D eigenvalue weighted by Gasteiger charge is -2.09. The molecule has 0 aliphatic carbocycles. The van der Waals surface area contributed by atoms with Crippen LogP contribution in [0.5, 0.6) is 11.5 Å². The summed E-state index contributed by atoms with van der Waals surface area (Å²) in [6.07, 6.45) is -0.714. The molecule has 0 saturated heterocycles. The van der Waals surface area contributed by atoms with E-state index in [-0.39, 0.29) is 13.4 Å².